The molecule has 0 unspecified atom stereocenters. The number of halogens is 2. The second-order valence-corrected chi connectivity index (χ2v) is 6.51. The Hall–Kier alpha value is -3.94. The fourth-order valence-corrected chi connectivity index (χ4v) is 2.95. The molecule has 4 aromatic rings. The molecule has 31 heavy (non-hydrogen) atoms. The van der Waals surface area contributed by atoms with Gasteiger partial charge in [-0.05, 0) is 54.6 Å². The van der Waals surface area contributed by atoms with Crippen LogP contribution in [0.3, 0.4) is 0 Å². The van der Waals surface area contributed by atoms with Gasteiger partial charge < -0.3 is 18.7 Å². The van der Waals surface area contributed by atoms with Crippen LogP contribution in [0.2, 0.25) is 0 Å². The molecule has 0 bridgehead atoms. The molecule has 0 saturated heterocycles. The van der Waals surface area contributed by atoms with Crippen LogP contribution in [0.1, 0.15) is 5.56 Å². The van der Waals surface area contributed by atoms with Crippen LogP contribution in [-0.4, -0.2) is 24.4 Å². The number of hydrogen-bond donors (Lipinski definition) is 0. The maximum atomic E-state index is 13.7. The Bertz CT molecular complexity index is 1170. The van der Waals surface area contributed by atoms with Crippen molar-refractivity contribution in [2.75, 3.05) is 14.2 Å². The van der Waals surface area contributed by atoms with E-state index in [1.165, 1.54) is 18.2 Å². The van der Waals surface area contributed by atoms with Gasteiger partial charge in [0.15, 0.2) is 11.5 Å². The number of methoxy groups -OCH3 is 2. The molecule has 6 nitrogen and oxygen atoms in total. The van der Waals surface area contributed by atoms with Crippen molar-refractivity contribution >= 4 is 0 Å². The summed E-state index contributed by atoms with van der Waals surface area (Å²) in [5.74, 6) is 1.01. The van der Waals surface area contributed by atoms with Crippen LogP contribution in [0.25, 0.3) is 22.8 Å². The molecule has 0 fully saturated rings. The van der Waals surface area contributed by atoms with E-state index in [0.29, 0.717) is 40.1 Å². The Morgan fingerprint density at radius 3 is 2.19 bits per heavy atom. The first-order valence-electron chi connectivity index (χ1n) is 9.31. The quantitative estimate of drug-likeness (QED) is 0.402. The number of hydrogen-bond acceptors (Lipinski definition) is 6. The predicted octanol–water partition coefficient (Wildman–Crippen LogP) is 5.28. The van der Waals surface area contributed by atoms with E-state index in [4.69, 9.17) is 18.7 Å². The highest BCUT2D eigenvalue weighted by Gasteiger charge is 2.14. The first-order valence-corrected chi connectivity index (χ1v) is 9.31. The van der Waals surface area contributed by atoms with Gasteiger partial charge >= 0.3 is 0 Å². The molecule has 0 saturated carbocycles. The van der Waals surface area contributed by atoms with E-state index in [-0.39, 0.29) is 12.2 Å². The number of rotatable bonds is 7. The highest BCUT2D eigenvalue weighted by atomic mass is 19.1. The molecule has 0 radical (unpaired) electrons. The zero-order chi connectivity index (χ0) is 21.8. The van der Waals surface area contributed by atoms with E-state index in [0.717, 1.165) is 0 Å². The molecule has 0 aliphatic carbocycles. The van der Waals surface area contributed by atoms with Gasteiger partial charge in [0.05, 0.1) is 19.8 Å². The van der Waals surface area contributed by atoms with E-state index >= 15 is 0 Å². The van der Waals surface area contributed by atoms with Gasteiger partial charge in [-0.25, -0.2) is 8.78 Å². The number of ether oxygens (including phenoxy) is 3. The molecule has 0 aliphatic heterocycles. The molecule has 0 spiro atoms. The van der Waals surface area contributed by atoms with Crippen LogP contribution in [0.15, 0.2) is 65.2 Å². The summed E-state index contributed by atoms with van der Waals surface area (Å²) in [4.78, 5) is 4.41. The molecule has 4 rings (SSSR count). The Balaban J connectivity index is 1.48. The maximum absolute atomic E-state index is 13.7. The van der Waals surface area contributed by atoms with E-state index in [1.807, 2.05) is 0 Å². The molecule has 0 atom stereocenters. The Morgan fingerprint density at radius 1 is 0.839 bits per heavy atom. The monoisotopic (exact) mass is 424 g/mol. The fourth-order valence-electron chi connectivity index (χ4n) is 2.95. The highest BCUT2D eigenvalue weighted by molar-refractivity contribution is 5.63. The fraction of sp³-hybridized carbons (Fsp3) is 0.130. The molecular weight excluding hydrogens is 406 g/mol. The summed E-state index contributed by atoms with van der Waals surface area (Å²) >= 11 is 0. The Labute approximate surface area is 177 Å². The summed E-state index contributed by atoms with van der Waals surface area (Å²) in [5.41, 5.74) is 1.26. The van der Waals surface area contributed by atoms with E-state index in [1.54, 1.807) is 56.7 Å². The second-order valence-electron chi connectivity index (χ2n) is 6.51. The summed E-state index contributed by atoms with van der Waals surface area (Å²) in [6.45, 7) is -0.219. The first-order chi connectivity index (χ1) is 15.1. The molecule has 158 valence electrons. The molecule has 8 heteroatoms. The number of nitrogens with zero attached hydrogens (tertiary/aromatic N) is 2. The molecular formula is C23H18F2N2O4. The Kier molecular flexibility index (Phi) is 5.79. The smallest absolute Gasteiger partial charge is 0.258 e. The SMILES string of the molecule is COc1ccc(-c2nc(-c3ccc(OCc4c(F)cccc4F)cc3)no2)cc1OC. The minimum atomic E-state index is -0.647. The third-order valence-electron chi connectivity index (χ3n) is 4.61. The lowest BCUT2D eigenvalue weighted by Crippen LogP contribution is -2.01. The largest absolute Gasteiger partial charge is 0.493 e. The van der Waals surface area contributed by atoms with Gasteiger partial charge in [-0.15, -0.1) is 0 Å². The molecule has 0 amide bonds. The van der Waals surface area contributed by atoms with Crippen molar-refractivity contribution in [3.8, 4) is 40.1 Å². The van der Waals surface area contributed by atoms with Gasteiger partial charge in [0.2, 0.25) is 5.82 Å². The van der Waals surface area contributed by atoms with Crippen molar-refractivity contribution in [3.05, 3.63) is 77.9 Å². The van der Waals surface area contributed by atoms with E-state index in [2.05, 4.69) is 10.1 Å². The van der Waals surface area contributed by atoms with Gasteiger partial charge in [0, 0.05) is 11.1 Å². The lowest BCUT2D eigenvalue weighted by atomic mass is 10.2. The van der Waals surface area contributed by atoms with Crippen molar-refractivity contribution in [2.45, 2.75) is 6.61 Å². The summed E-state index contributed by atoms with van der Waals surface area (Å²) in [7, 11) is 3.10. The minimum absolute atomic E-state index is 0.121. The summed E-state index contributed by atoms with van der Waals surface area (Å²) in [5, 5.41) is 4.01. The van der Waals surface area contributed by atoms with Gasteiger partial charge in [-0.2, -0.15) is 4.98 Å². The average Bonchev–Trinajstić information content (AvgIpc) is 3.29. The van der Waals surface area contributed by atoms with Crippen molar-refractivity contribution in [1.82, 2.24) is 10.1 Å². The zero-order valence-corrected chi connectivity index (χ0v) is 16.8. The molecule has 1 heterocycles. The third-order valence-corrected chi connectivity index (χ3v) is 4.61. The summed E-state index contributed by atoms with van der Waals surface area (Å²) in [6, 6.07) is 15.8. The summed E-state index contributed by atoms with van der Waals surface area (Å²) < 4.78 is 48.8. The van der Waals surface area contributed by atoms with Gasteiger partial charge in [0.1, 0.15) is 24.0 Å². The standard InChI is InChI=1S/C23H18F2N2O4/c1-28-20-11-8-15(12-21(20)29-2)23-26-22(27-31-23)14-6-9-16(10-7-14)30-13-17-18(24)4-3-5-19(17)25/h3-12H,13H2,1-2H3. The Morgan fingerprint density at radius 2 is 1.52 bits per heavy atom. The molecule has 3 aromatic carbocycles. The van der Waals surface area contributed by atoms with Crippen molar-refractivity contribution < 1.29 is 27.5 Å². The second kappa shape index (κ2) is 8.83. The van der Waals surface area contributed by atoms with Crippen LogP contribution in [0.4, 0.5) is 8.78 Å². The van der Waals surface area contributed by atoms with Crippen LogP contribution < -0.4 is 14.2 Å². The predicted molar refractivity (Wildman–Crippen MR) is 109 cm³/mol. The number of benzene rings is 3. The lowest BCUT2D eigenvalue weighted by Gasteiger charge is -2.08. The van der Waals surface area contributed by atoms with Crippen molar-refractivity contribution in [3.63, 3.8) is 0 Å². The van der Waals surface area contributed by atoms with Crippen molar-refractivity contribution in [1.29, 1.82) is 0 Å². The van der Waals surface area contributed by atoms with Crippen LogP contribution in [-0.2, 0) is 6.61 Å². The first kappa shape index (κ1) is 20.3. The zero-order valence-electron chi connectivity index (χ0n) is 16.8. The van der Waals surface area contributed by atoms with Gasteiger partial charge in [0.25, 0.3) is 5.89 Å². The lowest BCUT2D eigenvalue weighted by molar-refractivity contribution is 0.292. The molecule has 0 aliphatic rings. The topological polar surface area (TPSA) is 66.6 Å². The van der Waals surface area contributed by atoms with Gasteiger partial charge in [-0.3, -0.25) is 0 Å². The average molecular weight is 424 g/mol. The maximum Gasteiger partial charge on any atom is 0.258 e. The molecule has 0 N–H and O–H groups in total. The third kappa shape index (κ3) is 4.32. The van der Waals surface area contributed by atoms with Crippen LogP contribution >= 0.6 is 0 Å². The van der Waals surface area contributed by atoms with Crippen LogP contribution in [0.5, 0.6) is 17.2 Å². The summed E-state index contributed by atoms with van der Waals surface area (Å²) in [6.07, 6.45) is 0. The van der Waals surface area contributed by atoms with E-state index < -0.39 is 11.6 Å². The van der Waals surface area contributed by atoms with E-state index in [9.17, 15) is 8.78 Å². The van der Waals surface area contributed by atoms with Gasteiger partial charge in [-0.1, -0.05) is 11.2 Å². The molecule has 1 aromatic heterocycles. The minimum Gasteiger partial charge on any atom is -0.493 e. The van der Waals surface area contributed by atoms with Crippen LogP contribution in [0, 0.1) is 11.6 Å². The highest BCUT2D eigenvalue weighted by Crippen LogP contribution is 2.32. The normalized spacial score (nSPS) is 10.7. The number of aromatic nitrogens is 2. The van der Waals surface area contributed by atoms with Crippen molar-refractivity contribution in [2.24, 2.45) is 0 Å².